The number of carbonyl (C=O) groups excluding carboxylic acids is 2. The van der Waals surface area contributed by atoms with Crippen molar-refractivity contribution in [1.29, 1.82) is 0 Å². The van der Waals surface area contributed by atoms with E-state index in [1.165, 1.54) is 51.4 Å². The lowest BCUT2D eigenvalue weighted by Gasteiger charge is -2.56. The molecule has 4 bridgehead atoms. The fourth-order valence-corrected chi connectivity index (χ4v) is 7.71. The molecule has 0 saturated heterocycles. The minimum absolute atomic E-state index is 0.0214. The fraction of sp³-hybridized carbons (Fsp3) is 0.654. The average molecular weight is 435 g/mol. The smallest absolute Gasteiger partial charge is 0.268 e. The van der Waals surface area contributed by atoms with Gasteiger partial charge in [-0.2, -0.15) is 0 Å². The van der Waals surface area contributed by atoms with Gasteiger partial charge in [0, 0.05) is 18.8 Å². The highest BCUT2D eigenvalue weighted by Crippen LogP contribution is 2.59. The molecule has 32 heavy (non-hydrogen) atoms. The van der Waals surface area contributed by atoms with Gasteiger partial charge in [-0.05, 0) is 86.7 Å². The molecule has 5 fully saturated rings. The van der Waals surface area contributed by atoms with Crippen molar-refractivity contribution in [2.45, 2.75) is 76.7 Å². The molecule has 2 aromatic rings. The quantitative estimate of drug-likeness (QED) is 0.724. The zero-order valence-electron chi connectivity index (χ0n) is 18.8. The monoisotopic (exact) mass is 434 g/mol. The number of hydrogen-bond donors (Lipinski definition) is 2. The summed E-state index contributed by atoms with van der Waals surface area (Å²) in [4.78, 5) is 30.2. The zero-order chi connectivity index (χ0) is 21.7. The second-order valence-electron chi connectivity index (χ2n) is 11.2. The van der Waals surface area contributed by atoms with E-state index in [0.29, 0.717) is 22.8 Å². The molecule has 170 valence electrons. The van der Waals surface area contributed by atoms with Crippen LogP contribution in [0.15, 0.2) is 24.4 Å². The number of rotatable bonds is 6. The van der Waals surface area contributed by atoms with Crippen LogP contribution in [0.5, 0.6) is 0 Å². The third kappa shape index (κ3) is 3.82. The highest BCUT2D eigenvalue weighted by molar-refractivity contribution is 5.93. The maximum absolute atomic E-state index is 13.2. The Morgan fingerprint density at radius 2 is 1.72 bits per heavy atom. The SMILES string of the molecule is O=C(Cc1cn2c(C(=O)NCC34CC5CC(CC(C5)C3)C4)cccc2n1)NC1CCCC1. The summed E-state index contributed by atoms with van der Waals surface area (Å²) in [6, 6.07) is 5.94. The lowest BCUT2D eigenvalue weighted by atomic mass is 9.49. The number of nitrogens with one attached hydrogen (secondary N) is 2. The van der Waals surface area contributed by atoms with Crippen LogP contribution >= 0.6 is 0 Å². The Hall–Kier alpha value is -2.37. The number of nitrogens with zero attached hydrogens (tertiary/aromatic N) is 2. The topological polar surface area (TPSA) is 75.5 Å². The summed E-state index contributed by atoms with van der Waals surface area (Å²) in [6.07, 6.45) is 14.8. The van der Waals surface area contributed by atoms with Crippen LogP contribution in [-0.4, -0.2) is 33.8 Å². The first-order valence-electron chi connectivity index (χ1n) is 12.6. The van der Waals surface area contributed by atoms with Gasteiger partial charge in [0.05, 0.1) is 12.1 Å². The molecule has 0 aromatic carbocycles. The Morgan fingerprint density at radius 1 is 1.03 bits per heavy atom. The van der Waals surface area contributed by atoms with E-state index in [4.69, 9.17) is 0 Å². The van der Waals surface area contributed by atoms with Crippen LogP contribution in [0.25, 0.3) is 5.65 Å². The van der Waals surface area contributed by atoms with Crippen molar-refractivity contribution in [3.63, 3.8) is 0 Å². The van der Waals surface area contributed by atoms with Crippen LogP contribution < -0.4 is 10.6 Å². The van der Waals surface area contributed by atoms with Crippen LogP contribution in [0.1, 0.15) is 80.4 Å². The lowest BCUT2D eigenvalue weighted by Crippen LogP contribution is -2.51. The molecule has 5 aliphatic rings. The van der Waals surface area contributed by atoms with Crippen molar-refractivity contribution in [3.05, 3.63) is 35.8 Å². The maximum Gasteiger partial charge on any atom is 0.268 e. The number of aromatic nitrogens is 2. The average Bonchev–Trinajstić information content (AvgIpc) is 3.40. The Labute approximate surface area is 189 Å². The fourth-order valence-electron chi connectivity index (χ4n) is 7.71. The molecule has 5 saturated carbocycles. The minimum Gasteiger partial charge on any atom is -0.353 e. The third-order valence-corrected chi connectivity index (χ3v) is 8.63. The number of fused-ring (bicyclic) bond motifs is 1. The predicted octanol–water partition coefficient (Wildman–Crippen LogP) is 3.88. The molecular weight excluding hydrogens is 400 g/mol. The number of pyridine rings is 1. The Kier molecular flexibility index (Phi) is 4.99. The molecule has 6 heteroatoms. The summed E-state index contributed by atoms with van der Waals surface area (Å²) in [6.45, 7) is 0.789. The van der Waals surface area contributed by atoms with Gasteiger partial charge in [0.25, 0.3) is 5.91 Å². The number of imidazole rings is 1. The first kappa shape index (κ1) is 20.3. The summed E-state index contributed by atoms with van der Waals surface area (Å²) in [5, 5.41) is 6.40. The molecule has 0 spiro atoms. The van der Waals surface area contributed by atoms with Crippen molar-refractivity contribution >= 4 is 17.5 Å². The molecular formula is C26H34N4O2. The molecule has 0 aliphatic heterocycles. The Morgan fingerprint density at radius 3 is 2.41 bits per heavy atom. The second kappa shape index (κ2) is 7.89. The van der Waals surface area contributed by atoms with Gasteiger partial charge in [-0.25, -0.2) is 4.98 Å². The summed E-state index contributed by atoms with van der Waals surface area (Å²) in [5.41, 5.74) is 2.34. The van der Waals surface area contributed by atoms with Crippen molar-refractivity contribution in [1.82, 2.24) is 20.0 Å². The van der Waals surface area contributed by atoms with E-state index in [0.717, 1.165) is 42.8 Å². The van der Waals surface area contributed by atoms with Crippen LogP contribution in [0, 0.1) is 23.2 Å². The Balaban J connectivity index is 1.14. The highest BCUT2D eigenvalue weighted by Gasteiger charge is 2.50. The molecule has 2 amide bonds. The maximum atomic E-state index is 13.2. The normalized spacial score (nSPS) is 31.3. The predicted molar refractivity (Wildman–Crippen MR) is 122 cm³/mol. The molecule has 2 N–H and O–H groups in total. The van der Waals surface area contributed by atoms with E-state index in [1.807, 2.05) is 28.8 Å². The van der Waals surface area contributed by atoms with Gasteiger partial charge < -0.3 is 10.6 Å². The summed E-state index contributed by atoms with van der Waals surface area (Å²) < 4.78 is 1.84. The summed E-state index contributed by atoms with van der Waals surface area (Å²) in [5.74, 6) is 2.63. The van der Waals surface area contributed by atoms with E-state index in [1.54, 1.807) is 0 Å². The summed E-state index contributed by atoms with van der Waals surface area (Å²) in [7, 11) is 0. The van der Waals surface area contributed by atoms with Gasteiger partial charge in [-0.3, -0.25) is 14.0 Å². The van der Waals surface area contributed by atoms with E-state index in [-0.39, 0.29) is 18.2 Å². The standard InChI is InChI=1S/C26H34N4O2/c31-24(29-20-4-1-2-5-20)11-21-15-30-22(6-3-7-23(30)28-21)25(32)27-16-26-12-17-8-18(13-26)10-19(9-17)14-26/h3,6-7,15,17-20H,1-2,4-5,8-14,16H2,(H,27,32)(H,29,31). The number of hydrogen-bond acceptors (Lipinski definition) is 3. The van der Waals surface area contributed by atoms with Crippen LogP contribution in [0.3, 0.4) is 0 Å². The zero-order valence-corrected chi connectivity index (χ0v) is 18.8. The van der Waals surface area contributed by atoms with E-state index in [9.17, 15) is 9.59 Å². The van der Waals surface area contributed by atoms with Gasteiger partial charge in [0.15, 0.2) is 0 Å². The first-order valence-corrected chi connectivity index (χ1v) is 12.6. The molecule has 2 heterocycles. The third-order valence-electron chi connectivity index (χ3n) is 8.63. The summed E-state index contributed by atoms with van der Waals surface area (Å²) >= 11 is 0. The first-order chi connectivity index (χ1) is 15.6. The molecule has 0 unspecified atom stereocenters. The van der Waals surface area contributed by atoms with Gasteiger partial charge in [-0.15, -0.1) is 0 Å². The molecule has 7 rings (SSSR count). The van der Waals surface area contributed by atoms with Gasteiger partial charge in [0.2, 0.25) is 5.91 Å². The van der Waals surface area contributed by atoms with Crippen LogP contribution in [0.2, 0.25) is 0 Å². The molecule has 5 aliphatic carbocycles. The van der Waals surface area contributed by atoms with Crippen molar-refractivity contribution in [2.24, 2.45) is 23.2 Å². The Bertz CT molecular complexity index is 1000. The van der Waals surface area contributed by atoms with E-state index < -0.39 is 0 Å². The van der Waals surface area contributed by atoms with Gasteiger partial charge in [0.1, 0.15) is 11.3 Å². The number of amides is 2. The lowest BCUT2D eigenvalue weighted by molar-refractivity contribution is -0.121. The van der Waals surface area contributed by atoms with E-state index in [2.05, 4.69) is 15.6 Å². The molecule has 0 atom stereocenters. The van der Waals surface area contributed by atoms with Crippen molar-refractivity contribution in [2.75, 3.05) is 6.54 Å². The second-order valence-corrected chi connectivity index (χ2v) is 11.2. The van der Waals surface area contributed by atoms with Gasteiger partial charge >= 0.3 is 0 Å². The van der Waals surface area contributed by atoms with Crippen molar-refractivity contribution in [3.8, 4) is 0 Å². The molecule has 6 nitrogen and oxygen atoms in total. The molecule has 0 radical (unpaired) electrons. The van der Waals surface area contributed by atoms with E-state index >= 15 is 0 Å². The van der Waals surface area contributed by atoms with Crippen LogP contribution in [-0.2, 0) is 11.2 Å². The minimum atomic E-state index is -0.0364. The van der Waals surface area contributed by atoms with Crippen molar-refractivity contribution < 1.29 is 9.59 Å². The highest BCUT2D eigenvalue weighted by atomic mass is 16.2. The van der Waals surface area contributed by atoms with Gasteiger partial charge in [-0.1, -0.05) is 18.9 Å². The van der Waals surface area contributed by atoms with Crippen LogP contribution in [0.4, 0.5) is 0 Å². The number of carbonyl (C=O) groups is 2. The largest absolute Gasteiger partial charge is 0.353 e. The molecule has 2 aromatic heterocycles.